The minimum absolute atomic E-state index is 0.288. The van der Waals surface area contributed by atoms with Gasteiger partial charge in [0.15, 0.2) is 0 Å². The summed E-state index contributed by atoms with van der Waals surface area (Å²) in [7, 11) is 0. The van der Waals surface area contributed by atoms with Gasteiger partial charge in [0.2, 0.25) is 0 Å². The third-order valence-corrected chi connectivity index (χ3v) is 3.25. The van der Waals surface area contributed by atoms with Crippen LogP contribution in [-0.4, -0.2) is 4.98 Å². The average molecular weight is 309 g/mol. The maximum Gasteiger partial charge on any atom is 0.139 e. The lowest BCUT2D eigenvalue weighted by atomic mass is 10.2. The number of hydrogen-bond donors (Lipinski definition) is 0. The third-order valence-electron chi connectivity index (χ3n) is 2.03. The maximum absolute atomic E-state index is 13.2. The van der Waals surface area contributed by atoms with Gasteiger partial charge in [0, 0.05) is 17.0 Å². The molecule has 0 atom stereocenters. The highest BCUT2D eigenvalue weighted by atomic mass is 79.9. The quantitative estimate of drug-likeness (QED) is 0.557. The Morgan fingerprint density at radius 2 is 2.07 bits per heavy atom. The van der Waals surface area contributed by atoms with Gasteiger partial charge in [-0.2, -0.15) is 0 Å². The van der Waals surface area contributed by atoms with Crippen LogP contribution in [0.4, 0.5) is 4.39 Å². The maximum atomic E-state index is 13.2. The smallest absolute Gasteiger partial charge is 0.139 e. The number of pyridine rings is 1. The molecule has 0 saturated heterocycles. The highest BCUT2D eigenvalue weighted by Gasteiger charge is 2.07. The molecule has 15 heavy (non-hydrogen) atoms. The number of alkyl halides is 1. The van der Waals surface area contributed by atoms with Gasteiger partial charge in [0.05, 0.1) is 15.9 Å². The van der Waals surface area contributed by atoms with Crippen LogP contribution in [0, 0.1) is 5.82 Å². The Kier molecular flexibility index (Phi) is 3.14. The number of halogens is 4. The second kappa shape index (κ2) is 4.24. The topological polar surface area (TPSA) is 12.9 Å². The van der Waals surface area contributed by atoms with E-state index in [-0.39, 0.29) is 11.7 Å². The van der Waals surface area contributed by atoms with Crippen LogP contribution in [0.1, 0.15) is 5.56 Å². The van der Waals surface area contributed by atoms with Crippen molar-refractivity contribution in [2.45, 2.75) is 5.88 Å². The molecule has 5 heteroatoms. The van der Waals surface area contributed by atoms with E-state index in [9.17, 15) is 4.39 Å². The summed E-state index contributed by atoms with van der Waals surface area (Å²) in [4.78, 5) is 4.07. The van der Waals surface area contributed by atoms with Crippen molar-refractivity contribution in [1.29, 1.82) is 0 Å². The Bertz CT molecular complexity index is 530. The minimum atomic E-state index is -0.357. The van der Waals surface area contributed by atoms with Crippen LogP contribution in [-0.2, 0) is 5.88 Å². The molecular formula is C10H5BrCl2FN. The van der Waals surface area contributed by atoms with Gasteiger partial charge in [-0.05, 0) is 28.1 Å². The molecule has 0 amide bonds. The summed E-state index contributed by atoms with van der Waals surface area (Å²) >= 11 is 14.7. The summed E-state index contributed by atoms with van der Waals surface area (Å²) in [6, 6.07) is 4.80. The zero-order valence-electron chi connectivity index (χ0n) is 7.40. The molecule has 0 fully saturated rings. The number of nitrogens with zero attached hydrogens (tertiary/aromatic N) is 1. The Balaban J connectivity index is 2.76. The van der Waals surface area contributed by atoms with Crippen molar-refractivity contribution < 1.29 is 4.39 Å². The van der Waals surface area contributed by atoms with E-state index in [0.717, 1.165) is 10.9 Å². The van der Waals surface area contributed by atoms with Gasteiger partial charge < -0.3 is 0 Å². The monoisotopic (exact) mass is 307 g/mol. The molecule has 0 N–H and O–H groups in total. The lowest BCUT2D eigenvalue weighted by Gasteiger charge is -2.04. The second-order valence-electron chi connectivity index (χ2n) is 3.03. The molecule has 1 heterocycles. The molecule has 0 bridgehead atoms. The fourth-order valence-corrected chi connectivity index (χ4v) is 2.13. The number of aromatic nitrogens is 1. The normalized spacial score (nSPS) is 10.9. The number of fused-ring (bicyclic) bond motifs is 1. The number of rotatable bonds is 1. The molecule has 1 aromatic heterocycles. The lowest BCUT2D eigenvalue weighted by Crippen LogP contribution is -1.89. The summed E-state index contributed by atoms with van der Waals surface area (Å²) in [6.45, 7) is 0. The Hall–Kier alpha value is -0.380. The van der Waals surface area contributed by atoms with Crippen molar-refractivity contribution in [2.24, 2.45) is 0 Å². The van der Waals surface area contributed by atoms with E-state index in [2.05, 4.69) is 20.9 Å². The van der Waals surface area contributed by atoms with Crippen LogP contribution in [0.2, 0.25) is 5.15 Å². The zero-order chi connectivity index (χ0) is 11.0. The molecule has 0 spiro atoms. The summed E-state index contributed by atoms with van der Waals surface area (Å²) in [6.07, 6.45) is 0. The van der Waals surface area contributed by atoms with Crippen molar-refractivity contribution in [1.82, 2.24) is 4.98 Å². The van der Waals surface area contributed by atoms with Gasteiger partial charge in [-0.1, -0.05) is 11.6 Å². The van der Waals surface area contributed by atoms with Crippen molar-refractivity contribution in [3.63, 3.8) is 0 Å². The third kappa shape index (κ3) is 2.10. The summed E-state index contributed by atoms with van der Waals surface area (Å²) < 4.78 is 13.6. The van der Waals surface area contributed by atoms with Gasteiger partial charge in [-0.25, -0.2) is 9.37 Å². The first-order chi connectivity index (χ1) is 7.11. The fourth-order valence-electron chi connectivity index (χ4n) is 1.28. The molecule has 2 rings (SSSR count). The largest absolute Gasteiger partial charge is 0.236 e. The molecule has 0 aliphatic rings. The molecule has 78 valence electrons. The van der Waals surface area contributed by atoms with Crippen molar-refractivity contribution in [2.75, 3.05) is 0 Å². The first kappa shape index (κ1) is 11.1. The lowest BCUT2D eigenvalue weighted by molar-refractivity contribution is 0.623. The first-order valence-corrected chi connectivity index (χ1v) is 5.82. The van der Waals surface area contributed by atoms with E-state index >= 15 is 0 Å². The van der Waals surface area contributed by atoms with E-state index in [1.54, 1.807) is 6.07 Å². The predicted molar refractivity (Wildman–Crippen MR) is 64.0 cm³/mol. The van der Waals surface area contributed by atoms with Crippen LogP contribution in [0.25, 0.3) is 10.9 Å². The van der Waals surface area contributed by atoms with E-state index in [4.69, 9.17) is 23.2 Å². The molecule has 0 saturated carbocycles. The first-order valence-electron chi connectivity index (χ1n) is 4.12. The molecular weight excluding hydrogens is 304 g/mol. The SMILES string of the molecule is Fc1cc2nc(Cl)c(CCl)cc2cc1Br. The van der Waals surface area contributed by atoms with Gasteiger partial charge in [-0.15, -0.1) is 11.6 Å². The highest BCUT2D eigenvalue weighted by molar-refractivity contribution is 9.10. The van der Waals surface area contributed by atoms with Crippen LogP contribution in [0.3, 0.4) is 0 Å². The Morgan fingerprint density at radius 3 is 2.73 bits per heavy atom. The van der Waals surface area contributed by atoms with Crippen LogP contribution >= 0.6 is 39.1 Å². The van der Waals surface area contributed by atoms with Crippen LogP contribution in [0.5, 0.6) is 0 Å². The van der Waals surface area contributed by atoms with E-state index in [1.165, 1.54) is 6.07 Å². The Labute approximate surface area is 104 Å². The number of hydrogen-bond acceptors (Lipinski definition) is 1. The van der Waals surface area contributed by atoms with Crippen LogP contribution < -0.4 is 0 Å². The molecule has 2 aromatic rings. The Morgan fingerprint density at radius 1 is 1.33 bits per heavy atom. The summed E-state index contributed by atoms with van der Waals surface area (Å²) in [5.74, 6) is -0.0683. The summed E-state index contributed by atoms with van der Waals surface area (Å²) in [5, 5.41) is 1.13. The zero-order valence-corrected chi connectivity index (χ0v) is 10.5. The molecule has 0 radical (unpaired) electrons. The van der Waals surface area contributed by atoms with E-state index < -0.39 is 0 Å². The van der Waals surface area contributed by atoms with Crippen LogP contribution in [0.15, 0.2) is 22.7 Å². The average Bonchev–Trinajstić information content (AvgIpc) is 2.20. The second-order valence-corrected chi connectivity index (χ2v) is 4.51. The van der Waals surface area contributed by atoms with Gasteiger partial charge in [0.1, 0.15) is 11.0 Å². The van der Waals surface area contributed by atoms with Gasteiger partial charge >= 0.3 is 0 Å². The standard InChI is InChI=1S/C10H5BrCl2FN/c11-7-2-5-1-6(4-12)10(13)15-9(5)3-8(7)14/h1-3H,4H2. The highest BCUT2D eigenvalue weighted by Crippen LogP contribution is 2.26. The van der Waals surface area contributed by atoms with E-state index in [1.807, 2.05) is 6.07 Å². The molecule has 1 aromatic carbocycles. The van der Waals surface area contributed by atoms with Crippen molar-refractivity contribution in [3.05, 3.63) is 39.2 Å². The summed E-state index contributed by atoms with van der Waals surface area (Å²) in [5.41, 5.74) is 1.26. The van der Waals surface area contributed by atoms with Gasteiger partial charge in [0.25, 0.3) is 0 Å². The van der Waals surface area contributed by atoms with Crippen molar-refractivity contribution in [3.8, 4) is 0 Å². The van der Waals surface area contributed by atoms with Crippen molar-refractivity contribution >= 4 is 50.0 Å². The molecule has 0 aliphatic carbocycles. The molecule has 1 nitrogen and oxygen atoms in total. The van der Waals surface area contributed by atoms with E-state index in [0.29, 0.717) is 15.1 Å². The molecule has 0 unspecified atom stereocenters. The predicted octanol–water partition coefficient (Wildman–Crippen LogP) is 4.53. The number of benzene rings is 1. The fraction of sp³-hybridized carbons (Fsp3) is 0.100. The minimum Gasteiger partial charge on any atom is -0.236 e. The van der Waals surface area contributed by atoms with Gasteiger partial charge in [-0.3, -0.25) is 0 Å². The molecule has 0 aliphatic heterocycles.